The molecule has 0 atom stereocenters. The highest BCUT2D eigenvalue weighted by molar-refractivity contribution is 8.16. The first-order valence-electron chi connectivity index (χ1n) is 14.6. The van der Waals surface area contributed by atoms with Crippen molar-refractivity contribution in [2.24, 2.45) is 0 Å². The lowest BCUT2D eigenvalue weighted by molar-refractivity contribution is -0.289. The summed E-state index contributed by atoms with van der Waals surface area (Å²) in [6.45, 7) is 2.59. The van der Waals surface area contributed by atoms with Crippen LogP contribution in [0.2, 0.25) is 0 Å². The molecule has 10 nitrogen and oxygen atoms in total. The molecule has 18 heteroatoms. The molecule has 0 saturated heterocycles. The molecule has 0 aromatic heterocycles. The molecule has 0 bridgehead atoms. The summed E-state index contributed by atoms with van der Waals surface area (Å²) in [7, 11) is 0. The fourth-order valence-corrected chi connectivity index (χ4v) is 9.57. The van der Waals surface area contributed by atoms with Crippen LogP contribution in [0.15, 0.2) is 0 Å². The molecule has 0 aromatic rings. The highest BCUT2D eigenvalue weighted by atomic mass is 32.2. The Morgan fingerprint density at radius 1 is 0.400 bits per heavy atom. The standard InChI is InChI=1S/C27H50O10S8/c28-5-16-38-18-8-33-25(30)2-13-41-22-40-12-1-7-36-37-11-21-45-24-44-20-10-35-27(32)4-15-43-23-42-14-3-26(31)34-9-19-39-17-6-29/h28-29H,1-24H2. The zero-order valence-electron chi connectivity index (χ0n) is 25.9. The average molecular weight is 791 g/mol. The first-order chi connectivity index (χ1) is 22.1. The van der Waals surface area contributed by atoms with Crippen LogP contribution in [-0.4, -0.2) is 147 Å². The minimum absolute atomic E-state index is 0.139. The van der Waals surface area contributed by atoms with Gasteiger partial charge in [-0.2, -0.15) is 70.6 Å². The van der Waals surface area contributed by atoms with Gasteiger partial charge < -0.3 is 24.4 Å². The van der Waals surface area contributed by atoms with Gasteiger partial charge in [0.05, 0.1) is 45.7 Å². The van der Waals surface area contributed by atoms with E-state index in [4.69, 9.17) is 34.2 Å². The summed E-state index contributed by atoms with van der Waals surface area (Å²) in [4.78, 5) is 45.5. The maximum atomic E-state index is 11.8. The molecule has 0 saturated carbocycles. The summed E-state index contributed by atoms with van der Waals surface area (Å²) >= 11 is 13.5. The van der Waals surface area contributed by atoms with Crippen LogP contribution in [0.25, 0.3) is 0 Å². The van der Waals surface area contributed by atoms with Gasteiger partial charge in [0.1, 0.15) is 19.8 Å². The summed E-state index contributed by atoms with van der Waals surface area (Å²) in [5, 5.41) is 20.0. The molecule has 2 N–H and O–H groups in total. The Hall–Kier alpha value is 1.05. The van der Waals surface area contributed by atoms with Crippen LogP contribution >= 0.6 is 94.1 Å². The van der Waals surface area contributed by atoms with Crippen molar-refractivity contribution in [2.45, 2.75) is 25.7 Å². The molecule has 0 aliphatic carbocycles. The maximum Gasteiger partial charge on any atom is 0.306 e. The second-order valence-electron chi connectivity index (χ2n) is 8.38. The zero-order chi connectivity index (χ0) is 32.9. The van der Waals surface area contributed by atoms with Gasteiger partial charge in [-0.25, -0.2) is 9.78 Å². The van der Waals surface area contributed by atoms with Crippen LogP contribution in [0.1, 0.15) is 25.7 Å². The first-order valence-corrected chi connectivity index (χ1v) is 23.9. The highest BCUT2D eigenvalue weighted by Crippen LogP contribution is 2.16. The van der Waals surface area contributed by atoms with Gasteiger partial charge in [0, 0.05) is 67.0 Å². The second kappa shape index (κ2) is 39.5. The Balaban J connectivity index is 3.24. The van der Waals surface area contributed by atoms with Crippen molar-refractivity contribution in [3.05, 3.63) is 0 Å². The SMILES string of the molecule is O=C(CCSCSCCCOOCCSCSCCOC(=O)CCSCSCCC(=O)OCCSCCO)OCCSCCO. The summed E-state index contributed by atoms with van der Waals surface area (Å²) in [6, 6.07) is 0. The van der Waals surface area contributed by atoms with Gasteiger partial charge in [-0.3, -0.25) is 14.4 Å². The Morgan fingerprint density at radius 2 is 0.756 bits per heavy atom. The minimum Gasteiger partial charge on any atom is -0.465 e. The number of aliphatic hydroxyl groups is 2. The van der Waals surface area contributed by atoms with Gasteiger partial charge in [-0.1, -0.05) is 0 Å². The predicted octanol–water partition coefficient (Wildman–Crippen LogP) is 4.85. The second-order valence-corrected chi connectivity index (χ2v) is 18.6. The van der Waals surface area contributed by atoms with E-state index in [-0.39, 0.29) is 31.1 Å². The van der Waals surface area contributed by atoms with Gasteiger partial charge in [0.2, 0.25) is 0 Å². The molecular formula is C27H50O10S8. The van der Waals surface area contributed by atoms with Crippen LogP contribution in [0.5, 0.6) is 0 Å². The van der Waals surface area contributed by atoms with Crippen LogP contribution in [0.4, 0.5) is 0 Å². The molecule has 0 radical (unpaired) electrons. The Labute approximate surface area is 303 Å². The number of hydrogen-bond acceptors (Lipinski definition) is 18. The normalized spacial score (nSPS) is 11.1. The predicted molar refractivity (Wildman–Crippen MR) is 201 cm³/mol. The van der Waals surface area contributed by atoms with Gasteiger partial charge >= 0.3 is 17.9 Å². The van der Waals surface area contributed by atoms with Crippen LogP contribution in [0, 0.1) is 0 Å². The molecule has 0 unspecified atom stereocenters. The van der Waals surface area contributed by atoms with Crippen molar-refractivity contribution in [2.75, 3.05) is 119 Å². The van der Waals surface area contributed by atoms with Crippen molar-refractivity contribution in [3.63, 3.8) is 0 Å². The largest absolute Gasteiger partial charge is 0.465 e. The fraction of sp³-hybridized carbons (Fsp3) is 0.889. The molecule has 0 aromatic carbocycles. The highest BCUT2D eigenvalue weighted by Gasteiger charge is 2.06. The van der Waals surface area contributed by atoms with Crippen LogP contribution < -0.4 is 0 Å². The van der Waals surface area contributed by atoms with Crippen molar-refractivity contribution in [3.8, 4) is 0 Å². The third-order valence-electron chi connectivity index (χ3n) is 4.71. The number of carbonyl (C=O) groups is 3. The van der Waals surface area contributed by atoms with Gasteiger partial charge in [-0.05, 0) is 12.2 Å². The van der Waals surface area contributed by atoms with Crippen molar-refractivity contribution >= 4 is 112 Å². The van der Waals surface area contributed by atoms with E-state index in [1.165, 1.54) is 0 Å². The molecular weight excluding hydrogens is 741 g/mol. The minimum atomic E-state index is -0.194. The maximum absolute atomic E-state index is 11.8. The Morgan fingerprint density at radius 3 is 1.20 bits per heavy atom. The van der Waals surface area contributed by atoms with Crippen LogP contribution in [-0.2, 0) is 38.4 Å². The summed E-state index contributed by atoms with van der Waals surface area (Å²) in [5.41, 5.74) is 0. The number of rotatable bonds is 36. The molecule has 0 aliphatic rings. The van der Waals surface area contributed by atoms with E-state index < -0.39 is 0 Å². The molecule has 0 rings (SSSR count). The summed E-state index contributed by atoms with van der Waals surface area (Å²) in [5.74, 6) is 6.97. The summed E-state index contributed by atoms with van der Waals surface area (Å²) in [6.07, 6.45) is 2.10. The number of ether oxygens (including phenoxy) is 3. The molecule has 0 heterocycles. The quantitative estimate of drug-likeness (QED) is 0.0223. The number of esters is 3. The topological polar surface area (TPSA) is 138 Å². The molecule has 266 valence electrons. The van der Waals surface area contributed by atoms with Crippen LogP contribution in [0.3, 0.4) is 0 Å². The lowest BCUT2D eigenvalue weighted by Crippen LogP contribution is -2.09. The number of thioether (sulfide) groups is 8. The molecule has 0 amide bonds. The smallest absolute Gasteiger partial charge is 0.306 e. The first kappa shape index (κ1) is 46.0. The fourth-order valence-electron chi connectivity index (χ4n) is 2.62. The summed E-state index contributed by atoms with van der Waals surface area (Å²) < 4.78 is 15.5. The van der Waals surface area contributed by atoms with E-state index in [0.717, 1.165) is 50.4 Å². The van der Waals surface area contributed by atoms with E-state index in [9.17, 15) is 14.4 Å². The van der Waals surface area contributed by atoms with Gasteiger partial charge in [0.25, 0.3) is 0 Å². The van der Waals surface area contributed by atoms with Crippen molar-refractivity contribution in [1.29, 1.82) is 0 Å². The Bertz CT molecular complexity index is 685. The third kappa shape index (κ3) is 39.4. The van der Waals surface area contributed by atoms with E-state index in [1.807, 2.05) is 11.8 Å². The van der Waals surface area contributed by atoms with E-state index in [2.05, 4.69) is 0 Å². The van der Waals surface area contributed by atoms with E-state index in [0.29, 0.717) is 81.1 Å². The van der Waals surface area contributed by atoms with E-state index >= 15 is 0 Å². The van der Waals surface area contributed by atoms with E-state index in [1.54, 1.807) is 82.3 Å². The lowest BCUT2D eigenvalue weighted by atomic mass is 10.5. The average Bonchev–Trinajstić information content (AvgIpc) is 3.03. The molecule has 0 spiro atoms. The number of hydrogen-bond donors (Lipinski definition) is 2. The molecule has 0 aliphatic heterocycles. The number of carbonyl (C=O) groups excluding carboxylic acids is 3. The van der Waals surface area contributed by atoms with Gasteiger partial charge in [0.15, 0.2) is 0 Å². The van der Waals surface area contributed by atoms with Crippen molar-refractivity contribution in [1.82, 2.24) is 0 Å². The molecule has 45 heavy (non-hydrogen) atoms. The van der Waals surface area contributed by atoms with Crippen molar-refractivity contribution < 1.29 is 48.6 Å². The lowest BCUT2D eigenvalue weighted by Gasteiger charge is -2.06. The van der Waals surface area contributed by atoms with Gasteiger partial charge in [-0.15, -0.1) is 23.5 Å². The monoisotopic (exact) mass is 790 g/mol. The Kier molecular flexibility index (Phi) is 40.4. The third-order valence-corrected chi connectivity index (χ3v) is 13.5. The zero-order valence-corrected chi connectivity index (χ0v) is 32.4. The molecule has 0 fully saturated rings. The number of aliphatic hydroxyl groups excluding tert-OH is 2.